The molecule has 1 aromatic carbocycles. The Bertz CT molecular complexity index is 555. The van der Waals surface area contributed by atoms with Crippen molar-refractivity contribution in [1.29, 1.82) is 0 Å². The Morgan fingerprint density at radius 1 is 1.25 bits per heavy atom. The zero-order valence-corrected chi connectivity index (χ0v) is 12.8. The van der Waals surface area contributed by atoms with E-state index in [0.717, 1.165) is 6.26 Å². The first-order valence-corrected chi connectivity index (χ1v) is 7.70. The molecule has 114 valence electrons. The maximum absolute atomic E-state index is 11.3. The van der Waals surface area contributed by atoms with Crippen LogP contribution in [0.2, 0.25) is 0 Å². The highest BCUT2D eigenvalue weighted by Gasteiger charge is 2.18. The molecule has 0 atom stereocenters. The van der Waals surface area contributed by atoms with E-state index in [4.69, 9.17) is 19.9 Å². The number of benzene rings is 1. The summed E-state index contributed by atoms with van der Waals surface area (Å²) in [6, 6.07) is 3.19. The molecule has 0 radical (unpaired) electrons. The molecule has 0 saturated heterocycles. The number of anilines is 2. The van der Waals surface area contributed by atoms with Crippen LogP contribution in [0.5, 0.6) is 5.75 Å². The van der Waals surface area contributed by atoms with Gasteiger partial charge in [-0.1, -0.05) is 0 Å². The predicted octanol–water partition coefficient (Wildman–Crippen LogP) is 0.810. The van der Waals surface area contributed by atoms with Gasteiger partial charge in [0.15, 0.2) is 6.29 Å². The SMILES string of the molecule is COc1ccc(NS(C)(=O)=O)c(N)c1CC(OC)OC. The smallest absolute Gasteiger partial charge is 0.229 e. The van der Waals surface area contributed by atoms with Crippen LogP contribution in [0.25, 0.3) is 0 Å². The molecule has 20 heavy (non-hydrogen) atoms. The van der Waals surface area contributed by atoms with Crippen molar-refractivity contribution in [2.75, 3.05) is 38.0 Å². The summed E-state index contributed by atoms with van der Waals surface area (Å²) in [5.74, 6) is 0.542. The first kappa shape index (κ1) is 16.5. The Hall–Kier alpha value is -1.51. The van der Waals surface area contributed by atoms with Gasteiger partial charge in [-0.05, 0) is 12.1 Å². The monoisotopic (exact) mass is 304 g/mol. The van der Waals surface area contributed by atoms with E-state index >= 15 is 0 Å². The van der Waals surface area contributed by atoms with Gasteiger partial charge in [-0.15, -0.1) is 0 Å². The van der Waals surface area contributed by atoms with Crippen LogP contribution in [0.3, 0.4) is 0 Å². The number of nitrogen functional groups attached to an aromatic ring is 1. The summed E-state index contributed by atoms with van der Waals surface area (Å²) in [4.78, 5) is 0. The standard InChI is InChI=1S/C12H20N2O5S/c1-17-10-6-5-9(14-20(4,15)16)12(13)8(10)7-11(18-2)19-3/h5-6,11,14H,7,13H2,1-4H3. The van der Waals surface area contributed by atoms with Gasteiger partial charge in [0.1, 0.15) is 5.75 Å². The van der Waals surface area contributed by atoms with E-state index in [1.807, 2.05) is 0 Å². The Balaban J connectivity index is 3.21. The summed E-state index contributed by atoms with van der Waals surface area (Å²) in [5.41, 5.74) is 7.21. The average Bonchev–Trinajstić information content (AvgIpc) is 2.38. The Kier molecular flexibility index (Phi) is 5.61. The van der Waals surface area contributed by atoms with Crippen LogP contribution in [0.15, 0.2) is 12.1 Å². The number of hydrogen-bond acceptors (Lipinski definition) is 6. The molecule has 0 saturated carbocycles. The molecule has 0 aliphatic carbocycles. The van der Waals surface area contributed by atoms with Crippen LogP contribution in [0, 0.1) is 0 Å². The zero-order chi connectivity index (χ0) is 15.3. The highest BCUT2D eigenvalue weighted by molar-refractivity contribution is 7.92. The third-order valence-electron chi connectivity index (χ3n) is 2.73. The van der Waals surface area contributed by atoms with E-state index < -0.39 is 16.3 Å². The maximum Gasteiger partial charge on any atom is 0.229 e. The third-order valence-corrected chi connectivity index (χ3v) is 3.32. The summed E-state index contributed by atoms with van der Waals surface area (Å²) in [5, 5.41) is 0. The molecule has 0 aliphatic rings. The summed E-state index contributed by atoms with van der Waals surface area (Å²) in [6.45, 7) is 0. The average molecular weight is 304 g/mol. The first-order valence-electron chi connectivity index (χ1n) is 5.81. The van der Waals surface area contributed by atoms with Crippen molar-refractivity contribution in [2.24, 2.45) is 0 Å². The van der Waals surface area contributed by atoms with Gasteiger partial charge < -0.3 is 19.9 Å². The van der Waals surface area contributed by atoms with Crippen LogP contribution in [-0.2, 0) is 25.9 Å². The number of methoxy groups -OCH3 is 3. The lowest BCUT2D eigenvalue weighted by Gasteiger charge is -2.19. The van der Waals surface area contributed by atoms with E-state index in [1.165, 1.54) is 21.3 Å². The number of rotatable bonds is 7. The molecule has 7 nitrogen and oxygen atoms in total. The number of hydrogen-bond donors (Lipinski definition) is 2. The highest BCUT2D eigenvalue weighted by atomic mass is 32.2. The van der Waals surface area contributed by atoms with Crippen LogP contribution in [0.1, 0.15) is 5.56 Å². The number of nitrogens with two attached hydrogens (primary N) is 1. The molecule has 3 N–H and O–H groups in total. The molecule has 0 spiro atoms. The molecule has 1 aromatic rings. The highest BCUT2D eigenvalue weighted by Crippen LogP contribution is 2.33. The van der Waals surface area contributed by atoms with Crippen LogP contribution < -0.4 is 15.2 Å². The van der Waals surface area contributed by atoms with E-state index in [9.17, 15) is 8.42 Å². The van der Waals surface area contributed by atoms with Crippen molar-refractivity contribution in [2.45, 2.75) is 12.7 Å². The van der Waals surface area contributed by atoms with Crippen molar-refractivity contribution in [1.82, 2.24) is 0 Å². The lowest BCUT2D eigenvalue weighted by Crippen LogP contribution is -2.19. The molecule has 0 bridgehead atoms. The summed E-state index contributed by atoms with van der Waals surface area (Å²) < 4.78 is 40.5. The van der Waals surface area contributed by atoms with Crippen LogP contribution in [-0.4, -0.2) is 42.3 Å². The second kappa shape index (κ2) is 6.78. The molecule has 0 aromatic heterocycles. The number of sulfonamides is 1. The normalized spacial score (nSPS) is 11.7. The summed E-state index contributed by atoms with van der Waals surface area (Å²) in [7, 11) is 1.12. The van der Waals surface area contributed by atoms with E-state index in [1.54, 1.807) is 12.1 Å². The van der Waals surface area contributed by atoms with Crippen molar-refractivity contribution in [3.05, 3.63) is 17.7 Å². The van der Waals surface area contributed by atoms with Gasteiger partial charge in [-0.25, -0.2) is 8.42 Å². The molecule has 0 amide bonds. The second-order valence-corrected chi connectivity index (χ2v) is 5.94. The number of ether oxygens (including phenoxy) is 3. The molecule has 0 fully saturated rings. The van der Waals surface area contributed by atoms with Gasteiger partial charge in [0.25, 0.3) is 0 Å². The summed E-state index contributed by atoms with van der Waals surface area (Å²) in [6.07, 6.45) is 0.893. The minimum absolute atomic E-state index is 0.286. The maximum atomic E-state index is 11.3. The Labute approximate surface area is 119 Å². The van der Waals surface area contributed by atoms with E-state index in [2.05, 4.69) is 4.72 Å². The van der Waals surface area contributed by atoms with Crippen molar-refractivity contribution in [3.63, 3.8) is 0 Å². The molecule has 0 heterocycles. The van der Waals surface area contributed by atoms with Crippen molar-refractivity contribution < 1.29 is 22.6 Å². The second-order valence-electron chi connectivity index (χ2n) is 4.19. The Morgan fingerprint density at radius 3 is 2.30 bits per heavy atom. The minimum Gasteiger partial charge on any atom is -0.496 e. The fraction of sp³-hybridized carbons (Fsp3) is 0.500. The minimum atomic E-state index is -3.41. The van der Waals surface area contributed by atoms with Gasteiger partial charge >= 0.3 is 0 Å². The molecular formula is C12H20N2O5S. The summed E-state index contributed by atoms with van der Waals surface area (Å²) >= 11 is 0. The third kappa shape index (κ3) is 4.26. The quantitative estimate of drug-likeness (QED) is 0.571. The fourth-order valence-corrected chi connectivity index (χ4v) is 2.34. The molecule has 0 aliphatic heterocycles. The van der Waals surface area contributed by atoms with E-state index in [-0.39, 0.29) is 5.69 Å². The largest absolute Gasteiger partial charge is 0.496 e. The molecule has 8 heteroatoms. The lowest BCUT2D eigenvalue weighted by atomic mass is 10.1. The first-order chi connectivity index (χ1) is 9.32. The van der Waals surface area contributed by atoms with Crippen LogP contribution >= 0.6 is 0 Å². The van der Waals surface area contributed by atoms with E-state index in [0.29, 0.717) is 23.4 Å². The molecular weight excluding hydrogens is 284 g/mol. The molecule has 0 unspecified atom stereocenters. The van der Waals surface area contributed by atoms with Crippen molar-refractivity contribution >= 4 is 21.4 Å². The fourth-order valence-electron chi connectivity index (χ4n) is 1.76. The predicted molar refractivity (Wildman–Crippen MR) is 77.4 cm³/mol. The Morgan fingerprint density at radius 2 is 1.85 bits per heavy atom. The van der Waals surface area contributed by atoms with Crippen molar-refractivity contribution in [3.8, 4) is 5.75 Å². The topological polar surface area (TPSA) is 99.9 Å². The lowest BCUT2D eigenvalue weighted by molar-refractivity contribution is -0.100. The van der Waals surface area contributed by atoms with Gasteiger partial charge in [-0.2, -0.15) is 0 Å². The molecule has 1 rings (SSSR count). The van der Waals surface area contributed by atoms with Gasteiger partial charge in [0.05, 0.1) is 24.7 Å². The van der Waals surface area contributed by atoms with Gasteiger partial charge in [-0.3, -0.25) is 4.72 Å². The number of nitrogens with one attached hydrogen (secondary N) is 1. The zero-order valence-electron chi connectivity index (χ0n) is 12.0. The van der Waals surface area contributed by atoms with Gasteiger partial charge in [0.2, 0.25) is 10.0 Å². The van der Waals surface area contributed by atoms with Gasteiger partial charge in [0, 0.05) is 26.2 Å². The van der Waals surface area contributed by atoms with Crippen LogP contribution in [0.4, 0.5) is 11.4 Å².